The smallest absolute Gasteiger partial charge is 0.294 e. The first-order valence-electron chi connectivity index (χ1n) is 11.2. The van der Waals surface area contributed by atoms with E-state index < -0.39 is 17.1 Å². The Hall–Kier alpha value is -2.58. The minimum Gasteiger partial charge on any atom is -0.369 e. The van der Waals surface area contributed by atoms with Crippen LogP contribution in [0.25, 0.3) is 6.08 Å². The molecule has 2 aromatic carbocycles. The van der Waals surface area contributed by atoms with Gasteiger partial charge in [0.15, 0.2) is 0 Å². The first-order valence-corrected chi connectivity index (χ1v) is 12.8. The van der Waals surface area contributed by atoms with Crippen LogP contribution in [0.3, 0.4) is 0 Å². The Balaban J connectivity index is 1.54. The SMILES string of the molecule is Cc1cc2c(cc1/C=C1\SC(=O)N(CC(=O)Nc3ccc(Br)cc3)C1=O)C(C)CC(C)(C)N2C. The maximum atomic E-state index is 13.0. The number of amides is 3. The third-order valence-corrected chi connectivity index (χ3v) is 8.05. The second kappa shape index (κ2) is 9.23. The lowest BCUT2D eigenvalue weighted by atomic mass is 9.79. The van der Waals surface area contributed by atoms with Gasteiger partial charge in [0.05, 0.1) is 4.91 Å². The lowest BCUT2D eigenvalue weighted by Crippen LogP contribution is -2.45. The van der Waals surface area contributed by atoms with E-state index >= 15 is 0 Å². The van der Waals surface area contributed by atoms with E-state index in [1.165, 1.54) is 11.3 Å². The molecular formula is C26H28BrN3O3S. The van der Waals surface area contributed by atoms with E-state index in [2.05, 4.69) is 66.1 Å². The molecule has 2 aliphatic rings. The predicted molar refractivity (Wildman–Crippen MR) is 142 cm³/mol. The molecule has 2 aromatic rings. The molecule has 1 atom stereocenters. The Morgan fingerprint density at radius 3 is 2.59 bits per heavy atom. The first-order chi connectivity index (χ1) is 16.0. The van der Waals surface area contributed by atoms with Gasteiger partial charge in [-0.15, -0.1) is 0 Å². The molecule has 0 radical (unpaired) electrons. The van der Waals surface area contributed by atoms with Crippen LogP contribution in [0.15, 0.2) is 45.8 Å². The van der Waals surface area contributed by atoms with Crippen LogP contribution in [-0.2, 0) is 9.59 Å². The molecule has 4 rings (SSSR count). The van der Waals surface area contributed by atoms with E-state index in [9.17, 15) is 14.4 Å². The number of fused-ring (bicyclic) bond motifs is 1. The molecule has 0 saturated carbocycles. The highest BCUT2D eigenvalue weighted by atomic mass is 79.9. The summed E-state index contributed by atoms with van der Waals surface area (Å²) in [5, 5.41) is 2.28. The van der Waals surface area contributed by atoms with E-state index in [1.54, 1.807) is 30.3 Å². The number of nitrogens with zero attached hydrogens (tertiary/aromatic N) is 2. The van der Waals surface area contributed by atoms with E-state index in [1.807, 2.05) is 6.92 Å². The second-order valence-electron chi connectivity index (χ2n) is 9.57. The van der Waals surface area contributed by atoms with Gasteiger partial charge in [-0.25, -0.2) is 0 Å². The number of thioether (sulfide) groups is 1. The number of halogens is 1. The fraction of sp³-hybridized carbons (Fsp3) is 0.346. The van der Waals surface area contributed by atoms with Crippen LogP contribution in [0.4, 0.5) is 16.2 Å². The van der Waals surface area contributed by atoms with Gasteiger partial charge < -0.3 is 10.2 Å². The number of hydrogen-bond acceptors (Lipinski definition) is 5. The molecule has 34 heavy (non-hydrogen) atoms. The van der Waals surface area contributed by atoms with Crippen LogP contribution in [0.1, 0.15) is 49.8 Å². The molecule has 178 valence electrons. The number of nitrogens with one attached hydrogen (secondary N) is 1. The molecule has 8 heteroatoms. The minimum atomic E-state index is -0.440. The number of imide groups is 1. The Morgan fingerprint density at radius 2 is 1.91 bits per heavy atom. The number of rotatable bonds is 4. The third kappa shape index (κ3) is 4.79. The van der Waals surface area contributed by atoms with Crippen LogP contribution < -0.4 is 10.2 Å². The predicted octanol–water partition coefficient (Wildman–Crippen LogP) is 6.15. The summed E-state index contributed by atoms with van der Waals surface area (Å²) in [7, 11) is 2.12. The molecule has 6 nitrogen and oxygen atoms in total. The largest absolute Gasteiger partial charge is 0.369 e. The monoisotopic (exact) mass is 541 g/mol. The van der Waals surface area contributed by atoms with Crippen molar-refractivity contribution in [3.63, 3.8) is 0 Å². The van der Waals surface area contributed by atoms with Crippen molar-refractivity contribution < 1.29 is 14.4 Å². The number of benzene rings is 2. The lowest BCUT2D eigenvalue weighted by molar-refractivity contribution is -0.127. The van der Waals surface area contributed by atoms with Crippen LogP contribution in [0.5, 0.6) is 0 Å². The number of carbonyl (C=O) groups excluding carboxylic acids is 3. The highest BCUT2D eigenvalue weighted by Crippen LogP contribution is 2.44. The van der Waals surface area contributed by atoms with Gasteiger partial charge in [-0.2, -0.15) is 0 Å². The van der Waals surface area contributed by atoms with Crippen molar-refractivity contribution in [2.45, 2.75) is 45.6 Å². The van der Waals surface area contributed by atoms with E-state index in [0.717, 1.165) is 38.7 Å². The van der Waals surface area contributed by atoms with E-state index in [4.69, 9.17) is 0 Å². The molecule has 3 amide bonds. The average Bonchev–Trinajstić information content (AvgIpc) is 3.02. The van der Waals surface area contributed by atoms with Gasteiger partial charge >= 0.3 is 0 Å². The quantitative estimate of drug-likeness (QED) is 0.469. The zero-order valence-corrected chi connectivity index (χ0v) is 22.3. The van der Waals surface area contributed by atoms with Crippen molar-refractivity contribution >= 4 is 62.2 Å². The topological polar surface area (TPSA) is 69.7 Å². The summed E-state index contributed by atoms with van der Waals surface area (Å²) in [5.41, 5.74) is 5.07. The molecule has 1 fully saturated rings. The standard InChI is InChI=1S/C26H28BrN3O3S/c1-15-10-21-20(16(2)13-26(3,4)29(21)5)11-17(15)12-22-24(32)30(25(33)34-22)14-23(31)28-19-8-6-18(27)7-9-19/h6-12,16H,13-14H2,1-5H3,(H,28,31)/b22-12-. The Bertz CT molecular complexity index is 1210. The van der Waals surface area contributed by atoms with Crippen molar-refractivity contribution in [1.82, 2.24) is 4.90 Å². The molecular weight excluding hydrogens is 514 g/mol. The average molecular weight is 542 g/mol. The Labute approximate surface area is 212 Å². The van der Waals surface area contributed by atoms with Crippen molar-refractivity contribution in [2.24, 2.45) is 0 Å². The van der Waals surface area contributed by atoms with E-state index in [-0.39, 0.29) is 12.1 Å². The van der Waals surface area contributed by atoms with Crippen LogP contribution in [-0.4, -0.2) is 41.1 Å². The second-order valence-corrected chi connectivity index (χ2v) is 11.5. The minimum absolute atomic E-state index is 0.0693. The maximum absolute atomic E-state index is 13.0. The summed E-state index contributed by atoms with van der Waals surface area (Å²) < 4.78 is 0.892. The third-order valence-electron chi connectivity index (χ3n) is 6.61. The Morgan fingerprint density at radius 1 is 1.24 bits per heavy atom. The number of hydrogen-bond donors (Lipinski definition) is 1. The van der Waals surface area contributed by atoms with Crippen molar-refractivity contribution in [1.29, 1.82) is 0 Å². The molecule has 0 aromatic heterocycles. The molecule has 2 aliphatic heterocycles. The fourth-order valence-electron chi connectivity index (χ4n) is 4.54. The Kier molecular flexibility index (Phi) is 6.66. The maximum Gasteiger partial charge on any atom is 0.294 e. The van der Waals surface area contributed by atoms with Gasteiger partial charge in [-0.1, -0.05) is 22.9 Å². The van der Waals surface area contributed by atoms with Gasteiger partial charge in [-0.05, 0) is 104 Å². The highest BCUT2D eigenvalue weighted by Gasteiger charge is 2.37. The van der Waals surface area contributed by atoms with Crippen molar-refractivity contribution in [3.05, 3.63) is 62.5 Å². The normalized spacial score (nSPS) is 20.6. The zero-order valence-electron chi connectivity index (χ0n) is 19.9. The molecule has 0 bridgehead atoms. The molecule has 1 N–H and O–H groups in total. The summed E-state index contributed by atoms with van der Waals surface area (Å²) in [6.45, 7) is 8.42. The van der Waals surface area contributed by atoms with Gasteiger partial charge in [0.25, 0.3) is 11.1 Å². The summed E-state index contributed by atoms with van der Waals surface area (Å²) >= 11 is 4.22. The first kappa shape index (κ1) is 24.5. The van der Waals surface area contributed by atoms with Gasteiger partial charge in [0.1, 0.15) is 6.54 Å². The lowest BCUT2D eigenvalue weighted by Gasteiger charge is -2.45. The summed E-state index contributed by atoms with van der Waals surface area (Å²) in [4.78, 5) is 41.6. The van der Waals surface area contributed by atoms with Gasteiger partial charge in [0.2, 0.25) is 5.91 Å². The fourth-order valence-corrected chi connectivity index (χ4v) is 5.64. The molecule has 2 heterocycles. The number of anilines is 2. The molecule has 1 unspecified atom stereocenters. The summed E-state index contributed by atoms with van der Waals surface area (Å²) in [6, 6.07) is 11.4. The van der Waals surface area contributed by atoms with Crippen LogP contribution in [0.2, 0.25) is 0 Å². The van der Waals surface area contributed by atoms with Gasteiger partial charge in [-0.3, -0.25) is 19.3 Å². The molecule has 0 spiro atoms. The van der Waals surface area contributed by atoms with Crippen LogP contribution >= 0.6 is 27.7 Å². The number of carbonyl (C=O) groups is 3. The van der Waals surface area contributed by atoms with Crippen molar-refractivity contribution in [3.8, 4) is 0 Å². The molecule has 0 aliphatic carbocycles. The van der Waals surface area contributed by atoms with Crippen LogP contribution in [0, 0.1) is 6.92 Å². The summed E-state index contributed by atoms with van der Waals surface area (Å²) in [5.74, 6) is -0.481. The molecule has 1 saturated heterocycles. The van der Waals surface area contributed by atoms with Gasteiger partial charge in [0, 0.05) is 28.4 Å². The van der Waals surface area contributed by atoms with E-state index in [0.29, 0.717) is 16.5 Å². The number of aryl methyl sites for hydroxylation is 1. The zero-order chi connectivity index (χ0) is 24.8. The summed E-state index contributed by atoms with van der Waals surface area (Å²) in [6.07, 6.45) is 2.81. The van der Waals surface area contributed by atoms with Crippen molar-refractivity contribution in [2.75, 3.05) is 23.8 Å². The highest BCUT2D eigenvalue weighted by molar-refractivity contribution is 9.10.